The minimum atomic E-state index is -3.78. The molecule has 2 amide bonds. The van der Waals surface area contributed by atoms with Crippen LogP contribution in [0.1, 0.15) is 72.7 Å². The summed E-state index contributed by atoms with van der Waals surface area (Å²) in [5.41, 5.74) is 3.99. The average Bonchev–Trinajstić information content (AvgIpc) is 3.53. The lowest BCUT2D eigenvalue weighted by molar-refractivity contribution is -0.180. The Labute approximate surface area is 316 Å². The van der Waals surface area contributed by atoms with Crippen LogP contribution >= 0.6 is 0 Å². The van der Waals surface area contributed by atoms with Gasteiger partial charge in [-0.1, -0.05) is 55.3 Å². The number of sulfonamides is 1. The van der Waals surface area contributed by atoms with E-state index in [1.807, 2.05) is 50.2 Å². The zero-order valence-electron chi connectivity index (χ0n) is 30.6. The maximum atomic E-state index is 13.0. The Morgan fingerprint density at radius 1 is 0.852 bits per heavy atom. The zero-order chi connectivity index (χ0) is 38.0. The summed E-state index contributed by atoms with van der Waals surface area (Å²) >= 11 is 0. The smallest absolute Gasteiger partial charge is 0.410 e. The Morgan fingerprint density at radius 2 is 1.63 bits per heavy atom. The molecule has 13 heteroatoms. The number of carbonyl (C=O) groups is 2. The van der Waals surface area contributed by atoms with E-state index in [1.165, 1.54) is 18.2 Å². The second kappa shape index (κ2) is 17.9. The van der Waals surface area contributed by atoms with Crippen LogP contribution in [0.2, 0.25) is 0 Å². The summed E-state index contributed by atoms with van der Waals surface area (Å²) < 4.78 is 56.7. The van der Waals surface area contributed by atoms with Gasteiger partial charge in [0.1, 0.15) is 11.9 Å². The lowest BCUT2D eigenvalue weighted by atomic mass is 10.0. The molecule has 0 aliphatic carbocycles. The predicted octanol–water partition coefficient (Wildman–Crippen LogP) is 7.67. The third-order valence-electron chi connectivity index (χ3n) is 9.00. The average molecular weight is 758 g/mol. The van der Waals surface area contributed by atoms with Gasteiger partial charge in [-0.2, -0.15) is 0 Å². The fourth-order valence-electron chi connectivity index (χ4n) is 6.17. The molecule has 4 aromatic carbocycles. The van der Waals surface area contributed by atoms with Crippen molar-refractivity contribution in [2.24, 2.45) is 0 Å². The maximum absolute atomic E-state index is 13.0. The first kappa shape index (κ1) is 38.8. The standard InChI is InChI=1S/C41H47N3O9S/c1-41(2)51-29-33-25-31(18-19-37(33)53-41)38-27-44(40(46)52-38)20-8-3-4-9-21-49-22-23-50-28-30-12-10-14-34(24-30)42-39(45)32-13-11-15-35(26-32)43-54(47,48)36-16-6-5-7-17-36/h5-7,10-19,24-26,38,43H,3-4,8-9,20-23,27-29H2,1-2H3,(H,42,45)/t38-/m0/s1. The second-order valence-corrected chi connectivity index (χ2v) is 15.4. The van der Waals surface area contributed by atoms with E-state index in [-0.39, 0.29) is 28.7 Å². The molecule has 1 saturated heterocycles. The molecule has 0 spiro atoms. The van der Waals surface area contributed by atoms with Crippen molar-refractivity contribution in [1.82, 2.24) is 4.90 Å². The highest BCUT2D eigenvalue weighted by Crippen LogP contribution is 2.35. The highest BCUT2D eigenvalue weighted by Gasteiger charge is 2.33. The number of hydrogen-bond donors (Lipinski definition) is 2. The van der Waals surface area contributed by atoms with Crippen LogP contribution in [0.5, 0.6) is 5.75 Å². The quantitative estimate of drug-likeness (QED) is 0.0979. The summed E-state index contributed by atoms with van der Waals surface area (Å²) in [6.45, 7) is 7.32. The number of benzene rings is 4. The summed E-state index contributed by atoms with van der Waals surface area (Å²) in [7, 11) is -3.78. The number of ether oxygens (including phenoxy) is 5. The molecule has 1 atom stereocenters. The van der Waals surface area contributed by atoms with Crippen LogP contribution < -0.4 is 14.8 Å². The van der Waals surface area contributed by atoms with Crippen LogP contribution in [0.4, 0.5) is 16.2 Å². The highest BCUT2D eigenvalue weighted by molar-refractivity contribution is 7.92. The molecule has 1 fully saturated rings. The minimum Gasteiger partial charge on any atom is -0.463 e. The topological polar surface area (TPSA) is 142 Å². The number of cyclic esters (lactones) is 1. The molecule has 2 heterocycles. The molecule has 286 valence electrons. The SMILES string of the molecule is CC1(C)OCc2cc([C@@H]3CN(CCCCCCOCCOCc4cccc(NC(=O)c5cccc(NS(=O)(=O)c6ccccc6)c5)c4)C(=O)O3)ccc2O1. The monoisotopic (exact) mass is 757 g/mol. The van der Waals surface area contributed by atoms with Crippen LogP contribution in [0.3, 0.4) is 0 Å². The summed E-state index contributed by atoms with van der Waals surface area (Å²) in [4.78, 5) is 27.4. The number of nitrogens with zero attached hydrogens (tertiary/aromatic N) is 1. The molecular formula is C41H47N3O9S. The Morgan fingerprint density at radius 3 is 2.48 bits per heavy atom. The van der Waals surface area contributed by atoms with E-state index in [9.17, 15) is 18.0 Å². The number of nitrogens with one attached hydrogen (secondary N) is 2. The van der Waals surface area contributed by atoms with Crippen molar-refractivity contribution in [3.63, 3.8) is 0 Å². The molecule has 12 nitrogen and oxygen atoms in total. The van der Waals surface area contributed by atoms with Gasteiger partial charge in [-0.25, -0.2) is 13.2 Å². The highest BCUT2D eigenvalue weighted by atomic mass is 32.2. The van der Waals surface area contributed by atoms with E-state index in [0.29, 0.717) is 57.4 Å². The van der Waals surface area contributed by atoms with Crippen molar-refractivity contribution in [1.29, 1.82) is 0 Å². The zero-order valence-corrected chi connectivity index (χ0v) is 31.4. The number of carbonyl (C=O) groups excluding carboxylic acids is 2. The van der Waals surface area contributed by atoms with Crippen molar-refractivity contribution in [2.45, 2.75) is 69.5 Å². The molecule has 0 unspecified atom stereocenters. The van der Waals surface area contributed by atoms with Gasteiger partial charge in [0.15, 0.2) is 0 Å². The number of fused-ring (bicyclic) bond motifs is 1. The van der Waals surface area contributed by atoms with Crippen LogP contribution in [0, 0.1) is 0 Å². The third-order valence-corrected chi connectivity index (χ3v) is 10.4. The lowest BCUT2D eigenvalue weighted by Gasteiger charge is -2.32. The molecule has 54 heavy (non-hydrogen) atoms. The van der Waals surface area contributed by atoms with E-state index in [4.69, 9.17) is 23.7 Å². The molecule has 2 aliphatic heterocycles. The van der Waals surface area contributed by atoms with Crippen LogP contribution in [0.15, 0.2) is 102 Å². The van der Waals surface area contributed by atoms with E-state index in [2.05, 4.69) is 10.0 Å². The van der Waals surface area contributed by atoms with Crippen molar-refractivity contribution < 1.29 is 41.7 Å². The molecule has 2 N–H and O–H groups in total. The molecule has 0 saturated carbocycles. The van der Waals surface area contributed by atoms with Crippen molar-refractivity contribution in [3.8, 4) is 5.75 Å². The maximum Gasteiger partial charge on any atom is 0.410 e. The summed E-state index contributed by atoms with van der Waals surface area (Å²) in [6.07, 6.45) is 3.23. The largest absolute Gasteiger partial charge is 0.463 e. The Bertz CT molecular complexity index is 2010. The van der Waals surface area contributed by atoms with E-state index in [1.54, 1.807) is 47.4 Å². The Balaban J connectivity index is 0.821. The fraction of sp³-hybridized carbons (Fsp3) is 0.366. The fourth-order valence-corrected chi connectivity index (χ4v) is 7.24. The van der Waals surface area contributed by atoms with Gasteiger partial charge in [0.05, 0.1) is 37.9 Å². The second-order valence-electron chi connectivity index (χ2n) is 13.7. The number of amides is 2. The molecule has 6 rings (SSSR count). The summed E-state index contributed by atoms with van der Waals surface area (Å²) in [6, 6.07) is 27.6. The lowest BCUT2D eigenvalue weighted by Crippen LogP contribution is -2.35. The Kier molecular flexibility index (Phi) is 12.9. The minimum absolute atomic E-state index is 0.135. The predicted molar refractivity (Wildman–Crippen MR) is 204 cm³/mol. The molecule has 0 aromatic heterocycles. The van der Waals surface area contributed by atoms with E-state index >= 15 is 0 Å². The van der Waals surface area contributed by atoms with E-state index in [0.717, 1.165) is 48.1 Å². The van der Waals surface area contributed by atoms with Gasteiger partial charge in [-0.3, -0.25) is 9.52 Å². The van der Waals surface area contributed by atoms with Crippen LogP contribution in [0.25, 0.3) is 0 Å². The van der Waals surface area contributed by atoms with Gasteiger partial charge in [0.25, 0.3) is 15.9 Å². The first-order valence-corrected chi connectivity index (χ1v) is 19.7. The molecule has 0 bridgehead atoms. The van der Waals surface area contributed by atoms with Gasteiger partial charge < -0.3 is 33.9 Å². The number of unbranched alkanes of at least 4 members (excludes halogenated alkanes) is 3. The number of anilines is 2. The first-order chi connectivity index (χ1) is 26.0. The van der Waals surface area contributed by atoms with Crippen molar-refractivity contribution >= 4 is 33.4 Å². The molecule has 4 aromatic rings. The molecular weight excluding hydrogens is 711 g/mol. The van der Waals surface area contributed by atoms with Crippen LogP contribution in [-0.2, 0) is 42.2 Å². The van der Waals surface area contributed by atoms with Gasteiger partial charge in [-0.15, -0.1) is 0 Å². The van der Waals surface area contributed by atoms with Crippen molar-refractivity contribution in [2.75, 3.05) is 42.9 Å². The Hall–Kier alpha value is -4.95. The van der Waals surface area contributed by atoms with Gasteiger partial charge in [-0.05, 0) is 78.6 Å². The molecule has 0 radical (unpaired) electrons. The van der Waals surface area contributed by atoms with Crippen LogP contribution in [-0.4, -0.2) is 64.0 Å². The number of rotatable bonds is 18. The van der Waals surface area contributed by atoms with Gasteiger partial charge in [0, 0.05) is 49.5 Å². The molecule has 2 aliphatic rings. The summed E-state index contributed by atoms with van der Waals surface area (Å²) in [5, 5.41) is 2.87. The summed E-state index contributed by atoms with van der Waals surface area (Å²) in [5.74, 6) is -0.216. The van der Waals surface area contributed by atoms with Crippen molar-refractivity contribution in [3.05, 3.63) is 119 Å². The first-order valence-electron chi connectivity index (χ1n) is 18.2. The normalized spacial score (nSPS) is 16.3. The van der Waals surface area contributed by atoms with E-state index < -0.39 is 15.8 Å². The number of hydrogen-bond acceptors (Lipinski definition) is 9. The van der Waals surface area contributed by atoms with Gasteiger partial charge in [0.2, 0.25) is 5.79 Å². The third kappa shape index (κ3) is 10.8. The van der Waals surface area contributed by atoms with Gasteiger partial charge >= 0.3 is 6.09 Å².